The Morgan fingerprint density at radius 3 is 2.24 bits per heavy atom. The lowest BCUT2D eigenvalue weighted by molar-refractivity contribution is 0.0690. The number of benzene rings is 1. The molecule has 2 rings (SSSR count). The Balaban J connectivity index is 0.00000220. The Labute approximate surface area is 140 Å². The fourth-order valence-corrected chi connectivity index (χ4v) is 1.95. The van der Waals surface area contributed by atoms with Crippen molar-refractivity contribution in [2.24, 2.45) is 0 Å². The molecule has 1 aromatic carbocycles. The molecule has 0 saturated heterocycles. The van der Waals surface area contributed by atoms with Gasteiger partial charge in [0.05, 0.1) is 0 Å². The molecule has 0 aliphatic carbocycles. The summed E-state index contributed by atoms with van der Waals surface area (Å²) in [5.74, 6) is -0.740. The Hall–Kier alpha value is -1.89. The monoisotopic (exact) mass is 397 g/mol. The number of phenols is 1. The van der Waals surface area contributed by atoms with Crippen LogP contribution >= 0.6 is 24.0 Å². The molecule has 0 amide bonds. The van der Waals surface area contributed by atoms with E-state index in [-0.39, 0.29) is 29.7 Å². The molecule has 0 aliphatic heterocycles. The van der Waals surface area contributed by atoms with E-state index in [1.807, 2.05) is 38.1 Å². The number of carboxylic acids is 1. The molecule has 5 heteroatoms. The van der Waals surface area contributed by atoms with Gasteiger partial charge in [0.15, 0.2) is 0 Å². The molecule has 2 aromatic rings. The quantitative estimate of drug-likeness (QED) is 0.772. The number of aromatic nitrogens is 1. The Kier molecular flexibility index (Phi) is 5.90. The summed E-state index contributed by atoms with van der Waals surface area (Å²) in [6.45, 7) is 3.68. The number of carboxylic acid groups (broad SMARTS) is 1. The van der Waals surface area contributed by atoms with Crippen molar-refractivity contribution in [2.75, 3.05) is 0 Å². The van der Waals surface area contributed by atoms with Crippen LogP contribution in [0.3, 0.4) is 0 Å². The van der Waals surface area contributed by atoms with Crippen molar-refractivity contribution in [2.45, 2.75) is 13.8 Å². The third-order valence-corrected chi connectivity index (χ3v) is 2.98. The number of aromatic carboxylic acids is 1. The predicted molar refractivity (Wildman–Crippen MR) is 93.1 cm³/mol. The van der Waals surface area contributed by atoms with E-state index in [0.717, 1.165) is 22.3 Å². The van der Waals surface area contributed by atoms with Gasteiger partial charge in [-0.25, -0.2) is 9.78 Å². The highest BCUT2D eigenvalue weighted by atomic mass is 127. The fourth-order valence-electron chi connectivity index (χ4n) is 1.95. The minimum absolute atomic E-state index is 0. The van der Waals surface area contributed by atoms with E-state index in [1.165, 1.54) is 12.3 Å². The minimum atomic E-state index is -1.04. The summed E-state index contributed by atoms with van der Waals surface area (Å²) < 4.78 is 0. The van der Waals surface area contributed by atoms with Gasteiger partial charge in [0.1, 0.15) is 11.4 Å². The maximum atomic E-state index is 10.8. The molecular weight excluding hydrogens is 381 g/mol. The standard InChI is InChI=1S/C16H15NO3.HI/c1-10-7-13(8-11(2)15(10)18)4-3-12-5-6-17-14(9-12)16(19)20;/h3-9,18H,1-2H3,(H,19,20);1H. The topological polar surface area (TPSA) is 70.4 Å². The van der Waals surface area contributed by atoms with Crippen LogP contribution in [0.4, 0.5) is 0 Å². The van der Waals surface area contributed by atoms with E-state index < -0.39 is 5.97 Å². The van der Waals surface area contributed by atoms with Crippen LogP contribution < -0.4 is 0 Å². The molecule has 2 N–H and O–H groups in total. The summed E-state index contributed by atoms with van der Waals surface area (Å²) in [4.78, 5) is 14.6. The van der Waals surface area contributed by atoms with E-state index >= 15 is 0 Å². The van der Waals surface area contributed by atoms with Gasteiger partial charge in [0.2, 0.25) is 0 Å². The maximum Gasteiger partial charge on any atom is 0.354 e. The van der Waals surface area contributed by atoms with Gasteiger partial charge in [-0.3, -0.25) is 0 Å². The van der Waals surface area contributed by atoms with Crippen molar-refractivity contribution in [3.63, 3.8) is 0 Å². The Morgan fingerprint density at radius 1 is 1.10 bits per heavy atom. The van der Waals surface area contributed by atoms with Gasteiger partial charge in [-0.1, -0.05) is 12.2 Å². The lowest BCUT2D eigenvalue weighted by atomic mass is 10.0. The first-order valence-corrected chi connectivity index (χ1v) is 6.15. The number of pyridine rings is 1. The molecule has 1 heterocycles. The van der Waals surface area contributed by atoms with Crippen LogP contribution in [0, 0.1) is 13.8 Å². The van der Waals surface area contributed by atoms with Crippen LogP contribution in [0.25, 0.3) is 12.2 Å². The summed E-state index contributed by atoms with van der Waals surface area (Å²) >= 11 is 0. The number of hydrogen-bond donors (Lipinski definition) is 2. The van der Waals surface area contributed by atoms with Gasteiger partial charge in [-0.2, -0.15) is 0 Å². The van der Waals surface area contributed by atoms with Crippen molar-refractivity contribution in [3.8, 4) is 5.75 Å². The number of nitrogens with zero attached hydrogens (tertiary/aromatic N) is 1. The summed E-state index contributed by atoms with van der Waals surface area (Å²) in [5.41, 5.74) is 3.36. The van der Waals surface area contributed by atoms with Gasteiger partial charge in [0, 0.05) is 6.20 Å². The zero-order valence-corrected chi connectivity index (χ0v) is 14.0. The smallest absolute Gasteiger partial charge is 0.354 e. The molecule has 1 aromatic heterocycles. The number of halogens is 1. The highest BCUT2D eigenvalue weighted by Crippen LogP contribution is 2.23. The zero-order chi connectivity index (χ0) is 14.7. The second kappa shape index (κ2) is 7.21. The number of rotatable bonds is 3. The average Bonchev–Trinajstić information content (AvgIpc) is 2.42. The van der Waals surface area contributed by atoms with Crippen molar-refractivity contribution in [1.29, 1.82) is 0 Å². The number of aryl methyl sites for hydroxylation is 2. The van der Waals surface area contributed by atoms with Crippen LogP contribution in [-0.2, 0) is 0 Å². The van der Waals surface area contributed by atoms with Gasteiger partial charge in [0.25, 0.3) is 0 Å². The highest BCUT2D eigenvalue weighted by molar-refractivity contribution is 14.0. The van der Waals surface area contributed by atoms with Gasteiger partial charge < -0.3 is 10.2 Å². The zero-order valence-electron chi connectivity index (χ0n) is 11.7. The third kappa shape index (κ3) is 4.29. The molecule has 110 valence electrons. The molecule has 0 bridgehead atoms. The van der Waals surface area contributed by atoms with Gasteiger partial charge in [-0.05, 0) is 60.4 Å². The van der Waals surface area contributed by atoms with Crippen LogP contribution in [0.2, 0.25) is 0 Å². The SMILES string of the molecule is Cc1cc(C=Cc2ccnc(C(=O)O)c2)cc(C)c1O.I. The van der Waals surface area contributed by atoms with Crippen LogP contribution in [-0.4, -0.2) is 21.2 Å². The van der Waals surface area contributed by atoms with Crippen molar-refractivity contribution in [3.05, 3.63) is 58.4 Å². The molecule has 0 fully saturated rings. The molecule has 0 spiro atoms. The average molecular weight is 397 g/mol. The maximum absolute atomic E-state index is 10.8. The second-order valence-electron chi connectivity index (χ2n) is 4.62. The molecule has 0 aliphatic rings. The van der Waals surface area contributed by atoms with Crippen LogP contribution in [0.1, 0.15) is 32.7 Å². The van der Waals surface area contributed by atoms with Gasteiger partial charge in [-0.15, -0.1) is 24.0 Å². The number of hydrogen-bond acceptors (Lipinski definition) is 3. The molecule has 0 unspecified atom stereocenters. The fraction of sp³-hybridized carbons (Fsp3) is 0.125. The summed E-state index contributed by atoms with van der Waals surface area (Å²) in [6.07, 6.45) is 5.16. The van der Waals surface area contributed by atoms with Crippen molar-refractivity contribution in [1.82, 2.24) is 4.98 Å². The van der Waals surface area contributed by atoms with Crippen LogP contribution in [0.5, 0.6) is 5.75 Å². The Morgan fingerprint density at radius 2 is 1.67 bits per heavy atom. The van der Waals surface area contributed by atoms with E-state index in [9.17, 15) is 9.90 Å². The molecule has 0 radical (unpaired) electrons. The van der Waals surface area contributed by atoms with E-state index in [4.69, 9.17) is 5.11 Å². The van der Waals surface area contributed by atoms with Gasteiger partial charge >= 0.3 is 5.97 Å². The van der Waals surface area contributed by atoms with E-state index in [1.54, 1.807) is 6.07 Å². The molecule has 4 nitrogen and oxygen atoms in total. The van der Waals surface area contributed by atoms with Crippen molar-refractivity contribution >= 4 is 42.1 Å². The van der Waals surface area contributed by atoms with Crippen molar-refractivity contribution < 1.29 is 15.0 Å². The second-order valence-corrected chi connectivity index (χ2v) is 4.62. The normalized spacial score (nSPS) is 10.4. The van der Waals surface area contributed by atoms with Crippen LogP contribution in [0.15, 0.2) is 30.5 Å². The van der Waals surface area contributed by atoms with E-state index in [2.05, 4.69) is 4.98 Å². The third-order valence-electron chi connectivity index (χ3n) is 2.98. The molecule has 21 heavy (non-hydrogen) atoms. The lowest BCUT2D eigenvalue weighted by Gasteiger charge is -2.04. The highest BCUT2D eigenvalue weighted by Gasteiger charge is 2.04. The summed E-state index contributed by atoms with van der Waals surface area (Å²) in [6, 6.07) is 7.00. The molecule has 0 atom stereocenters. The lowest BCUT2D eigenvalue weighted by Crippen LogP contribution is -1.99. The summed E-state index contributed by atoms with van der Waals surface area (Å²) in [5, 5.41) is 18.6. The summed E-state index contributed by atoms with van der Waals surface area (Å²) in [7, 11) is 0. The number of phenolic OH excluding ortho intramolecular Hbond substituents is 1. The first-order valence-electron chi connectivity index (χ1n) is 6.15. The number of carbonyl (C=O) groups is 1. The largest absolute Gasteiger partial charge is 0.507 e. The minimum Gasteiger partial charge on any atom is -0.507 e. The van der Waals surface area contributed by atoms with E-state index in [0.29, 0.717) is 5.75 Å². The predicted octanol–water partition coefficient (Wildman–Crippen LogP) is 3.89. The Bertz CT molecular complexity index is 673. The number of aromatic hydroxyl groups is 1. The molecular formula is C16H16INO3. The first-order chi connectivity index (χ1) is 9.47. The first kappa shape index (κ1) is 17.2. The molecule has 0 saturated carbocycles.